The number of amides is 1. The van der Waals surface area contributed by atoms with E-state index >= 15 is 0 Å². The summed E-state index contributed by atoms with van der Waals surface area (Å²) in [7, 11) is 0. The molecule has 0 saturated heterocycles. The molecule has 0 unspecified atom stereocenters. The molecule has 1 amide bonds. The molecule has 1 aliphatic rings. The quantitative estimate of drug-likeness (QED) is 0.662. The van der Waals surface area contributed by atoms with E-state index in [1.807, 2.05) is 24.3 Å². The van der Waals surface area contributed by atoms with Gasteiger partial charge in [-0.15, -0.1) is 0 Å². The fourth-order valence-corrected chi connectivity index (χ4v) is 2.42. The molecule has 1 aromatic carbocycles. The van der Waals surface area contributed by atoms with Crippen molar-refractivity contribution in [2.45, 2.75) is 19.3 Å². The SMILES string of the molecule is O=C(COC(=O)C[C@@H]1C=CCC1)Nc1ccccc1Br. The lowest BCUT2D eigenvalue weighted by atomic mass is 10.1. The molecule has 0 aliphatic heterocycles. The number of para-hydroxylation sites is 1. The van der Waals surface area contributed by atoms with E-state index in [-0.39, 0.29) is 24.4 Å². The van der Waals surface area contributed by atoms with Crippen LogP contribution < -0.4 is 5.32 Å². The third-order valence-corrected chi connectivity index (χ3v) is 3.74. The molecule has 4 nitrogen and oxygen atoms in total. The van der Waals surface area contributed by atoms with Gasteiger partial charge in [0, 0.05) is 4.47 Å². The maximum atomic E-state index is 11.7. The predicted octanol–water partition coefficient (Wildman–Crippen LogP) is 3.29. The van der Waals surface area contributed by atoms with E-state index in [2.05, 4.69) is 27.3 Å². The normalized spacial score (nSPS) is 16.9. The van der Waals surface area contributed by atoms with Gasteiger partial charge in [-0.1, -0.05) is 24.3 Å². The minimum Gasteiger partial charge on any atom is -0.456 e. The monoisotopic (exact) mass is 337 g/mol. The fraction of sp³-hybridized carbons (Fsp3) is 0.333. The summed E-state index contributed by atoms with van der Waals surface area (Å²) in [6.07, 6.45) is 6.44. The first-order chi connectivity index (χ1) is 9.65. The predicted molar refractivity (Wildman–Crippen MR) is 80.2 cm³/mol. The summed E-state index contributed by atoms with van der Waals surface area (Å²) >= 11 is 3.33. The molecule has 0 heterocycles. The minimum absolute atomic E-state index is 0.253. The zero-order chi connectivity index (χ0) is 14.4. The number of carbonyl (C=O) groups is 2. The van der Waals surface area contributed by atoms with Crippen LogP contribution in [0, 0.1) is 5.92 Å². The first-order valence-electron chi connectivity index (χ1n) is 6.52. The molecule has 1 aromatic rings. The van der Waals surface area contributed by atoms with Crippen molar-refractivity contribution in [3.05, 3.63) is 40.9 Å². The van der Waals surface area contributed by atoms with Gasteiger partial charge in [-0.05, 0) is 46.8 Å². The van der Waals surface area contributed by atoms with Gasteiger partial charge in [0.25, 0.3) is 5.91 Å². The van der Waals surface area contributed by atoms with Gasteiger partial charge in [0.1, 0.15) is 0 Å². The van der Waals surface area contributed by atoms with Crippen molar-refractivity contribution < 1.29 is 14.3 Å². The number of anilines is 1. The molecule has 0 spiro atoms. The smallest absolute Gasteiger partial charge is 0.306 e. The molecular weight excluding hydrogens is 322 g/mol. The highest BCUT2D eigenvalue weighted by Crippen LogP contribution is 2.22. The van der Waals surface area contributed by atoms with Crippen LogP contribution in [0.4, 0.5) is 5.69 Å². The van der Waals surface area contributed by atoms with E-state index in [0.717, 1.165) is 17.3 Å². The van der Waals surface area contributed by atoms with Gasteiger partial charge >= 0.3 is 5.97 Å². The number of halogens is 1. The van der Waals surface area contributed by atoms with Crippen molar-refractivity contribution in [2.24, 2.45) is 5.92 Å². The summed E-state index contributed by atoms with van der Waals surface area (Å²) < 4.78 is 5.77. The third kappa shape index (κ3) is 4.49. The summed E-state index contributed by atoms with van der Waals surface area (Å²) in [4.78, 5) is 23.3. The van der Waals surface area contributed by atoms with E-state index < -0.39 is 0 Å². The summed E-state index contributed by atoms with van der Waals surface area (Å²) in [6.45, 7) is -0.253. The van der Waals surface area contributed by atoms with Gasteiger partial charge in [-0.25, -0.2) is 0 Å². The van der Waals surface area contributed by atoms with E-state index in [0.29, 0.717) is 12.1 Å². The highest BCUT2D eigenvalue weighted by molar-refractivity contribution is 9.10. The minimum atomic E-state index is -0.341. The molecule has 0 fully saturated rings. The van der Waals surface area contributed by atoms with Crippen LogP contribution >= 0.6 is 15.9 Å². The Morgan fingerprint density at radius 1 is 1.35 bits per heavy atom. The Labute approximate surface area is 126 Å². The van der Waals surface area contributed by atoms with Gasteiger partial charge in [0.15, 0.2) is 6.61 Å². The number of hydrogen-bond acceptors (Lipinski definition) is 3. The lowest BCUT2D eigenvalue weighted by Crippen LogP contribution is -2.21. The van der Waals surface area contributed by atoms with E-state index in [4.69, 9.17) is 4.74 Å². The van der Waals surface area contributed by atoms with Gasteiger partial charge in [0.05, 0.1) is 12.1 Å². The van der Waals surface area contributed by atoms with E-state index in [1.54, 1.807) is 6.07 Å². The number of ether oxygens (including phenoxy) is 1. The molecule has 0 bridgehead atoms. The van der Waals surface area contributed by atoms with Crippen LogP contribution in [0.3, 0.4) is 0 Å². The van der Waals surface area contributed by atoms with Crippen LogP contribution in [0.2, 0.25) is 0 Å². The molecule has 1 N–H and O–H groups in total. The van der Waals surface area contributed by atoms with Crippen molar-refractivity contribution in [1.82, 2.24) is 0 Å². The Morgan fingerprint density at radius 3 is 2.85 bits per heavy atom. The Kier molecular flexibility index (Phi) is 5.35. The Bertz CT molecular complexity index is 528. The van der Waals surface area contributed by atoms with Gasteiger partial charge in [-0.3, -0.25) is 9.59 Å². The Morgan fingerprint density at radius 2 is 2.15 bits per heavy atom. The maximum absolute atomic E-state index is 11.7. The molecular formula is C15H16BrNO3. The van der Waals surface area contributed by atoms with Crippen LogP contribution in [0.15, 0.2) is 40.9 Å². The number of rotatable bonds is 5. The lowest BCUT2D eigenvalue weighted by molar-refractivity contribution is -0.147. The zero-order valence-electron chi connectivity index (χ0n) is 11.0. The van der Waals surface area contributed by atoms with Crippen molar-refractivity contribution in [3.8, 4) is 0 Å². The van der Waals surface area contributed by atoms with Gasteiger partial charge in [0.2, 0.25) is 0 Å². The second-order valence-electron chi connectivity index (χ2n) is 4.66. The van der Waals surface area contributed by atoms with Crippen LogP contribution in [-0.4, -0.2) is 18.5 Å². The van der Waals surface area contributed by atoms with Crippen LogP contribution in [-0.2, 0) is 14.3 Å². The number of allylic oxidation sites excluding steroid dienone is 2. The van der Waals surface area contributed by atoms with E-state index in [1.165, 1.54) is 0 Å². The Balaban J connectivity index is 1.73. The lowest BCUT2D eigenvalue weighted by Gasteiger charge is -2.09. The molecule has 20 heavy (non-hydrogen) atoms. The molecule has 0 aromatic heterocycles. The van der Waals surface area contributed by atoms with Crippen molar-refractivity contribution in [3.63, 3.8) is 0 Å². The fourth-order valence-electron chi connectivity index (χ4n) is 2.03. The molecule has 106 valence electrons. The number of carbonyl (C=O) groups excluding carboxylic acids is 2. The second kappa shape index (κ2) is 7.24. The summed E-state index contributed by atoms with van der Waals surface area (Å²) in [5, 5.41) is 2.68. The molecule has 0 saturated carbocycles. The molecule has 1 aliphatic carbocycles. The average Bonchev–Trinajstić information content (AvgIpc) is 2.92. The zero-order valence-corrected chi connectivity index (χ0v) is 12.6. The van der Waals surface area contributed by atoms with Crippen LogP contribution in [0.25, 0.3) is 0 Å². The summed E-state index contributed by atoms with van der Waals surface area (Å²) in [6, 6.07) is 7.27. The topological polar surface area (TPSA) is 55.4 Å². The van der Waals surface area contributed by atoms with E-state index in [9.17, 15) is 9.59 Å². The van der Waals surface area contributed by atoms with Crippen molar-refractivity contribution in [1.29, 1.82) is 0 Å². The van der Waals surface area contributed by atoms with Crippen LogP contribution in [0.5, 0.6) is 0 Å². The molecule has 2 rings (SSSR count). The number of esters is 1. The molecule has 5 heteroatoms. The maximum Gasteiger partial charge on any atom is 0.306 e. The largest absolute Gasteiger partial charge is 0.456 e. The first kappa shape index (κ1) is 14.8. The summed E-state index contributed by atoms with van der Waals surface area (Å²) in [5.41, 5.74) is 0.660. The highest BCUT2D eigenvalue weighted by Gasteiger charge is 2.16. The van der Waals surface area contributed by atoms with Gasteiger partial charge in [-0.2, -0.15) is 0 Å². The van der Waals surface area contributed by atoms with Crippen molar-refractivity contribution >= 4 is 33.5 Å². The highest BCUT2D eigenvalue weighted by atomic mass is 79.9. The summed E-state index contributed by atoms with van der Waals surface area (Å²) in [5.74, 6) is -0.412. The van der Waals surface area contributed by atoms with Gasteiger partial charge < -0.3 is 10.1 Å². The number of hydrogen-bond donors (Lipinski definition) is 1. The third-order valence-electron chi connectivity index (χ3n) is 3.05. The average molecular weight is 338 g/mol. The van der Waals surface area contributed by atoms with Crippen molar-refractivity contribution in [2.75, 3.05) is 11.9 Å². The second-order valence-corrected chi connectivity index (χ2v) is 5.51. The number of benzene rings is 1. The molecule has 0 radical (unpaired) electrons. The van der Waals surface area contributed by atoms with Crippen LogP contribution in [0.1, 0.15) is 19.3 Å². The standard InChI is InChI=1S/C15H16BrNO3/c16-12-7-3-4-8-13(12)17-14(18)10-20-15(19)9-11-5-1-2-6-11/h1,3-5,7-8,11H,2,6,9-10H2,(H,17,18)/t11-/m1/s1. The Hall–Kier alpha value is -1.62. The number of nitrogens with one attached hydrogen (secondary N) is 1. The molecule has 1 atom stereocenters. The first-order valence-corrected chi connectivity index (χ1v) is 7.31.